The normalized spacial score (nSPS) is 19.2. The fraction of sp³-hybridized carbons (Fsp3) is 0.706. The van der Waals surface area contributed by atoms with E-state index in [4.69, 9.17) is 0 Å². The Kier molecular flexibility index (Phi) is 6.37. The topological polar surface area (TPSA) is 92.3 Å². The Labute approximate surface area is 150 Å². The molecule has 1 aliphatic heterocycles. The van der Waals surface area contributed by atoms with Crippen molar-refractivity contribution >= 4 is 21.7 Å². The lowest BCUT2D eigenvalue weighted by Gasteiger charge is -2.26. The van der Waals surface area contributed by atoms with Crippen LogP contribution in [-0.2, 0) is 9.84 Å². The van der Waals surface area contributed by atoms with Crippen LogP contribution < -0.4 is 5.32 Å². The molecule has 7 nitrogen and oxygen atoms in total. The Morgan fingerprint density at radius 2 is 2.12 bits per heavy atom. The second kappa shape index (κ2) is 8.12. The molecule has 1 N–H and O–H groups in total. The molecule has 1 aromatic rings. The fourth-order valence-corrected chi connectivity index (χ4v) is 4.70. The lowest BCUT2D eigenvalue weighted by atomic mass is 10.1. The Bertz CT molecular complexity index is 719. The third-order valence-corrected chi connectivity index (χ3v) is 6.08. The van der Waals surface area contributed by atoms with Crippen molar-refractivity contribution in [3.8, 4) is 0 Å². The van der Waals surface area contributed by atoms with Crippen LogP contribution in [0.5, 0.6) is 0 Å². The summed E-state index contributed by atoms with van der Waals surface area (Å²) >= 11 is 0. The zero-order chi connectivity index (χ0) is 18.6. The lowest BCUT2D eigenvalue weighted by molar-refractivity contribution is 0.0702. The van der Waals surface area contributed by atoms with E-state index in [9.17, 15) is 13.2 Å². The standard InChI is InChI=1S/C17H28N4O3S/c1-5-21(14-7-9-25(23,24)11-14)16(22)15-10-13(4)19-17(20-15)18-8-6-12(2)3/h10,12,14H,5-9,11H2,1-4H3,(H,18,19,20). The molecule has 0 aromatic carbocycles. The third kappa shape index (κ3) is 5.39. The van der Waals surface area contributed by atoms with E-state index in [1.807, 2.05) is 13.8 Å². The highest BCUT2D eigenvalue weighted by Gasteiger charge is 2.34. The molecule has 1 fully saturated rings. The molecule has 0 radical (unpaired) electrons. The van der Waals surface area contributed by atoms with Crippen molar-refractivity contribution in [1.29, 1.82) is 0 Å². The molecule has 1 saturated heterocycles. The highest BCUT2D eigenvalue weighted by Crippen LogP contribution is 2.20. The highest BCUT2D eigenvalue weighted by atomic mass is 32.2. The van der Waals surface area contributed by atoms with Crippen LogP contribution in [0.25, 0.3) is 0 Å². The van der Waals surface area contributed by atoms with Gasteiger partial charge in [-0.05, 0) is 38.7 Å². The first kappa shape index (κ1) is 19.6. The first-order valence-electron chi connectivity index (χ1n) is 8.82. The minimum atomic E-state index is -3.04. The summed E-state index contributed by atoms with van der Waals surface area (Å²) in [6.07, 6.45) is 1.48. The van der Waals surface area contributed by atoms with E-state index in [2.05, 4.69) is 29.1 Å². The molecule has 140 valence electrons. The van der Waals surface area contributed by atoms with Gasteiger partial charge in [0.2, 0.25) is 5.95 Å². The van der Waals surface area contributed by atoms with Gasteiger partial charge in [0, 0.05) is 24.8 Å². The number of sulfone groups is 1. The number of carbonyl (C=O) groups is 1. The molecular formula is C17H28N4O3S. The summed E-state index contributed by atoms with van der Waals surface area (Å²) < 4.78 is 23.5. The lowest BCUT2D eigenvalue weighted by Crippen LogP contribution is -2.41. The molecule has 25 heavy (non-hydrogen) atoms. The second-order valence-corrected chi connectivity index (χ2v) is 9.20. The van der Waals surface area contributed by atoms with Gasteiger partial charge in [0.25, 0.3) is 5.91 Å². The maximum Gasteiger partial charge on any atom is 0.272 e. The molecule has 2 rings (SSSR count). The quantitative estimate of drug-likeness (QED) is 0.790. The maximum atomic E-state index is 12.9. The van der Waals surface area contributed by atoms with Crippen LogP contribution in [0.4, 0.5) is 5.95 Å². The van der Waals surface area contributed by atoms with Gasteiger partial charge in [0.1, 0.15) is 5.69 Å². The van der Waals surface area contributed by atoms with Gasteiger partial charge in [-0.3, -0.25) is 4.79 Å². The number of nitrogens with zero attached hydrogens (tertiary/aromatic N) is 3. The van der Waals surface area contributed by atoms with Crippen LogP contribution in [0.2, 0.25) is 0 Å². The fourth-order valence-electron chi connectivity index (χ4n) is 2.97. The van der Waals surface area contributed by atoms with Crippen molar-refractivity contribution in [3.05, 3.63) is 17.5 Å². The van der Waals surface area contributed by atoms with E-state index in [1.54, 1.807) is 11.0 Å². The van der Waals surface area contributed by atoms with Crippen molar-refractivity contribution in [2.75, 3.05) is 29.9 Å². The van der Waals surface area contributed by atoms with Crippen LogP contribution in [0.1, 0.15) is 49.8 Å². The van der Waals surface area contributed by atoms with Gasteiger partial charge in [-0.1, -0.05) is 13.8 Å². The van der Waals surface area contributed by atoms with Crippen molar-refractivity contribution < 1.29 is 13.2 Å². The predicted molar refractivity (Wildman–Crippen MR) is 98.5 cm³/mol. The summed E-state index contributed by atoms with van der Waals surface area (Å²) in [5.74, 6) is 0.960. The highest BCUT2D eigenvalue weighted by molar-refractivity contribution is 7.91. The first-order chi connectivity index (χ1) is 11.7. The molecule has 1 amide bonds. The smallest absolute Gasteiger partial charge is 0.272 e. The number of amides is 1. The molecule has 1 aliphatic rings. The molecule has 1 unspecified atom stereocenters. The number of nitrogens with one attached hydrogen (secondary N) is 1. The van der Waals surface area contributed by atoms with E-state index < -0.39 is 9.84 Å². The van der Waals surface area contributed by atoms with Crippen LogP contribution in [0, 0.1) is 12.8 Å². The number of anilines is 1. The Hall–Kier alpha value is -1.70. The second-order valence-electron chi connectivity index (χ2n) is 6.98. The maximum absolute atomic E-state index is 12.9. The Balaban J connectivity index is 2.15. The minimum absolute atomic E-state index is 0.0378. The SMILES string of the molecule is CCN(C(=O)c1cc(C)nc(NCCC(C)C)n1)C1CCS(=O)(=O)C1. The van der Waals surface area contributed by atoms with Crippen molar-refractivity contribution in [2.45, 2.75) is 46.6 Å². The molecule has 0 spiro atoms. The van der Waals surface area contributed by atoms with E-state index >= 15 is 0 Å². The molecule has 0 aliphatic carbocycles. The summed E-state index contributed by atoms with van der Waals surface area (Å²) in [6.45, 7) is 9.16. The van der Waals surface area contributed by atoms with Gasteiger partial charge in [0.05, 0.1) is 11.5 Å². The van der Waals surface area contributed by atoms with Gasteiger partial charge >= 0.3 is 0 Å². The molecule has 1 aromatic heterocycles. The molecule has 2 heterocycles. The number of hydrogen-bond donors (Lipinski definition) is 1. The zero-order valence-corrected chi connectivity index (χ0v) is 16.3. The van der Waals surface area contributed by atoms with Crippen LogP contribution in [0.3, 0.4) is 0 Å². The van der Waals surface area contributed by atoms with Gasteiger partial charge in [-0.2, -0.15) is 0 Å². The predicted octanol–water partition coefficient (Wildman–Crippen LogP) is 1.89. The molecule has 8 heteroatoms. The van der Waals surface area contributed by atoms with Gasteiger partial charge in [0.15, 0.2) is 9.84 Å². The third-order valence-electron chi connectivity index (χ3n) is 4.33. The summed E-state index contributed by atoms with van der Waals surface area (Å²) in [5, 5.41) is 3.16. The number of rotatable bonds is 7. The number of aromatic nitrogens is 2. The molecule has 1 atom stereocenters. The van der Waals surface area contributed by atoms with Crippen LogP contribution >= 0.6 is 0 Å². The first-order valence-corrected chi connectivity index (χ1v) is 10.6. The average molecular weight is 369 g/mol. The van der Waals surface area contributed by atoms with E-state index in [1.165, 1.54) is 0 Å². The molecule has 0 bridgehead atoms. The summed E-state index contributed by atoms with van der Waals surface area (Å²) in [6, 6.07) is 1.39. The largest absolute Gasteiger partial charge is 0.354 e. The van der Waals surface area contributed by atoms with Crippen molar-refractivity contribution in [2.24, 2.45) is 5.92 Å². The van der Waals surface area contributed by atoms with Gasteiger partial charge < -0.3 is 10.2 Å². The number of hydrogen-bond acceptors (Lipinski definition) is 6. The van der Waals surface area contributed by atoms with Crippen molar-refractivity contribution in [3.63, 3.8) is 0 Å². The monoisotopic (exact) mass is 368 g/mol. The van der Waals surface area contributed by atoms with Crippen LogP contribution in [-0.4, -0.2) is 59.8 Å². The number of aryl methyl sites for hydroxylation is 1. The number of carbonyl (C=O) groups excluding carboxylic acids is 1. The average Bonchev–Trinajstić information content (AvgIpc) is 2.87. The Morgan fingerprint density at radius 1 is 1.40 bits per heavy atom. The van der Waals surface area contributed by atoms with Crippen molar-refractivity contribution in [1.82, 2.24) is 14.9 Å². The zero-order valence-electron chi connectivity index (χ0n) is 15.4. The minimum Gasteiger partial charge on any atom is -0.354 e. The van der Waals surface area contributed by atoms with Crippen LogP contribution in [0.15, 0.2) is 6.07 Å². The van der Waals surface area contributed by atoms with Gasteiger partial charge in [-0.15, -0.1) is 0 Å². The van der Waals surface area contributed by atoms with E-state index in [-0.39, 0.29) is 23.5 Å². The molecule has 0 saturated carbocycles. The van der Waals surface area contributed by atoms with Gasteiger partial charge in [-0.25, -0.2) is 18.4 Å². The Morgan fingerprint density at radius 3 is 2.68 bits per heavy atom. The van der Waals surface area contributed by atoms with E-state index in [0.717, 1.165) is 13.0 Å². The summed E-state index contributed by atoms with van der Waals surface area (Å²) in [4.78, 5) is 23.2. The summed E-state index contributed by atoms with van der Waals surface area (Å²) in [7, 11) is -3.04. The molecular weight excluding hydrogens is 340 g/mol. The van der Waals surface area contributed by atoms with E-state index in [0.29, 0.717) is 36.2 Å². The summed E-state index contributed by atoms with van der Waals surface area (Å²) in [5.41, 5.74) is 1.02.